The van der Waals surface area contributed by atoms with Gasteiger partial charge < -0.3 is 19.0 Å². The molecule has 0 unspecified atom stereocenters. The number of fused-ring (bicyclic) bond motifs is 1. The Bertz CT molecular complexity index is 892. The average Bonchev–Trinajstić information content (AvgIpc) is 3.06. The molecule has 4 nitrogen and oxygen atoms in total. The van der Waals surface area contributed by atoms with Crippen LogP contribution >= 0.6 is 0 Å². The van der Waals surface area contributed by atoms with Crippen LogP contribution in [0.3, 0.4) is 0 Å². The maximum Gasteiger partial charge on any atom is 0.138 e. The van der Waals surface area contributed by atoms with Gasteiger partial charge in [-0.3, -0.25) is 0 Å². The van der Waals surface area contributed by atoms with Gasteiger partial charge in [0.15, 0.2) is 0 Å². The predicted molar refractivity (Wildman–Crippen MR) is 115 cm³/mol. The van der Waals surface area contributed by atoms with Crippen molar-refractivity contribution in [2.45, 2.75) is 6.42 Å². The fourth-order valence-corrected chi connectivity index (χ4v) is 2.84. The summed E-state index contributed by atoms with van der Waals surface area (Å²) in [6.07, 6.45) is 5.07. The van der Waals surface area contributed by atoms with E-state index < -0.39 is 0 Å². The van der Waals surface area contributed by atoms with Gasteiger partial charge in [0.2, 0.25) is 0 Å². The molecule has 0 radical (unpaired) electrons. The number of rotatable bonds is 8. The first-order chi connectivity index (χ1) is 13.0. The van der Waals surface area contributed by atoms with E-state index in [1.54, 1.807) is 0 Å². The maximum atomic E-state index is 5.95. The van der Waals surface area contributed by atoms with Crippen LogP contribution < -0.4 is 9.64 Å². The van der Waals surface area contributed by atoms with Crippen molar-refractivity contribution < 1.29 is 9.15 Å². The number of nitrogens with zero attached hydrogens (tertiary/aromatic N) is 2. The van der Waals surface area contributed by atoms with Crippen molar-refractivity contribution in [2.75, 3.05) is 46.2 Å². The first kappa shape index (κ1) is 19.1. The van der Waals surface area contributed by atoms with Crippen molar-refractivity contribution in [3.05, 3.63) is 59.9 Å². The largest absolute Gasteiger partial charge is 0.493 e. The van der Waals surface area contributed by atoms with Crippen LogP contribution in [-0.2, 0) is 0 Å². The van der Waals surface area contributed by atoms with Gasteiger partial charge in [-0.15, -0.1) is 0 Å². The van der Waals surface area contributed by atoms with Gasteiger partial charge in [-0.1, -0.05) is 18.2 Å². The van der Waals surface area contributed by atoms with Crippen LogP contribution in [0.15, 0.2) is 52.9 Å². The number of hydrogen-bond acceptors (Lipinski definition) is 4. The van der Waals surface area contributed by atoms with Gasteiger partial charge in [-0.25, -0.2) is 0 Å². The summed E-state index contributed by atoms with van der Waals surface area (Å²) in [5, 5.41) is 1.08. The fourth-order valence-electron chi connectivity index (χ4n) is 2.84. The molecule has 0 fully saturated rings. The number of benzene rings is 2. The van der Waals surface area contributed by atoms with Crippen molar-refractivity contribution >= 4 is 28.8 Å². The van der Waals surface area contributed by atoms with E-state index >= 15 is 0 Å². The van der Waals surface area contributed by atoms with Crippen molar-refractivity contribution in [3.8, 4) is 5.75 Å². The Kier molecular flexibility index (Phi) is 6.20. The summed E-state index contributed by atoms with van der Waals surface area (Å²) in [4.78, 5) is 4.25. The van der Waals surface area contributed by atoms with E-state index in [1.807, 2.05) is 38.4 Å². The molecule has 0 aliphatic carbocycles. The molecular weight excluding hydrogens is 336 g/mol. The van der Waals surface area contributed by atoms with E-state index in [4.69, 9.17) is 9.15 Å². The zero-order valence-electron chi connectivity index (χ0n) is 16.6. The van der Waals surface area contributed by atoms with Crippen molar-refractivity contribution in [1.29, 1.82) is 0 Å². The molecule has 0 N–H and O–H groups in total. The van der Waals surface area contributed by atoms with Gasteiger partial charge in [0.25, 0.3) is 0 Å². The van der Waals surface area contributed by atoms with Crippen LogP contribution in [-0.4, -0.2) is 46.2 Å². The lowest BCUT2D eigenvalue weighted by Crippen LogP contribution is -2.15. The summed E-state index contributed by atoms with van der Waals surface area (Å²) in [6.45, 7) is 1.73. The van der Waals surface area contributed by atoms with Crippen LogP contribution in [0, 0.1) is 0 Å². The molecule has 0 saturated heterocycles. The molecule has 1 heterocycles. The van der Waals surface area contributed by atoms with Crippen LogP contribution in [0.2, 0.25) is 0 Å². The summed E-state index contributed by atoms with van der Waals surface area (Å²) in [5.74, 6) is 1.69. The van der Waals surface area contributed by atoms with Crippen molar-refractivity contribution in [2.24, 2.45) is 0 Å². The highest BCUT2D eigenvalue weighted by Gasteiger charge is 2.04. The van der Waals surface area contributed by atoms with Crippen LogP contribution in [0.5, 0.6) is 5.75 Å². The van der Waals surface area contributed by atoms with E-state index in [1.165, 1.54) is 5.69 Å². The minimum Gasteiger partial charge on any atom is -0.493 e. The number of anilines is 1. The molecule has 3 aromatic rings. The van der Waals surface area contributed by atoms with Gasteiger partial charge in [-0.05, 0) is 62.5 Å². The Morgan fingerprint density at radius 3 is 2.41 bits per heavy atom. The zero-order valence-corrected chi connectivity index (χ0v) is 16.6. The first-order valence-electron chi connectivity index (χ1n) is 9.28. The molecule has 0 saturated carbocycles. The third-order valence-electron chi connectivity index (χ3n) is 4.38. The monoisotopic (exact) mass is 364 g/mol. The minimum absolute atomic E-state index is 0.708. The van der Waals surface area contributed by atoms with Crippen LogP contribution in [0.1, 0.15) is 17.7 Å². The van der Waals surface area contributed by atoms with Gasteiger partial charge in [0.1, 0.15) is 17.1 Å². The summed E-state index contributed by atoms with van der Waals surface area (Å²) in [7, 11) is 8.22. The molecule has 27 heavy (non-hydrogen) atoms. The van der Waals surface area contributed by atoms with Crippen LogP contribution in [0.25, 0.3) is 23.1 Å². The maximum absolute atomic E-state index is 5.95. The quantitative estimate of drug-likeness (QED) is 0.526. The van der Waals surface area contributed by atoms with Gasteiger partial charge >= 0.3 is 0 Å². The van der Waals surface area contributed by atoms with Crippen LogP contribution in [0.4, 0.5) is 5.69 Å². The topological polar surface area (TPSA) is 28.9 Å². The summed E-state index contributed by atoms with van der Waals surface area (Å²) in [5.41, 5.74) is 3.18. The van der Waals surface area contributed by atoms with Gasteiger partial charge in [0.05, 0.1) is 6.61 Å². The second kappa shape index (κ2) is 8.78. The summed E-state index contributed by atoms with van der Waals surface area (Å²) < 4.78 is 11.8. The third-order valence-corrected chi connectivity index (χ3v) is 4.38. The number of hydrogen-bond donors (Lipinski definition) is 0. The van der Waals surface area contributed by atoms with E-state index in [0.717, 1.165) is 41.0 Å². The Morgan fingerprint density at radius 2 is 1.70 bits per heavy atom. The Morgan fingerprint density at radius 1 is 0.926 bits per heavy atom. The molecule has 4 heteroatoms. The van der Waals surface area contributed by atoms with Gasteiger partial charge in [-0.2, -0.15) is 0 Å². The van der Waals surface area contributed by atoms with Gasteiger partial charge in [0, 0.05) is 37.8 Å². The minimum atomic E-state index is 0.708. The molecule has 0 spiro atoms. The fraction of sp³-hybridized carbons (Fsp3) is 0.304. The molecule has 1 aromatic heterocycles. The predicted octanol–water partition coefficient (Wildman–Crippen LogP) is 5.00. The van der Waals surface area contributed by atoms with E-state index in [9.17, 15) is 0 Å². The molecule has 0 aliphatic heterocycles. The van der Waals surface area contributed by atoms with E-state index in [0.29, 0.717) is 6.61 Å². The third kappa shape index (κ3) is 5.38. The highest BCUT2D eigenvalue weighted by Crippen LogP contribution is 2.25. The first-order valence-corrected chi connectivity index (χ1v) is 9.28. The summed E-state index contributed by atoms with van der Waals surface area (Å²) in [6, 6.07) is 16.5. The van der Waals surface area contributed by atoms with Crippen molar-refractivity contribution in [1.82, 2.24) is 4.90 Å². The SMILES string of the molecule is CN(C)CCCOc1ccc2cc(C=Cc3ccc(N(C)C)cc3)oc2c1. The molecule has 0 amide bonds. The lowest BCUT2D eigenvalue weighted by molar-refractivity contribution is 0.281. The number of ether oxygens (including phenoxy) is 1. The Balaban J connectivity index is 1.65. The second-order valence-corrected chi connectivity index (χ2v) is 7.17. The lowest BCUT2D eigenvalue weighted by Gasteiger charge is -2.11. The Labute approximate surface area is 161 Å². The molecule has 0 aliphatic rings. The zero-order chi connectivity index (χ0) is 19.2. The molecule has 3 rings (SSSR count). The molecule has 142 valence electrons. The number of furan rings is 1. The second-order valence-electron chi connectivity index (χ2n) is 7.17. The molecule has 0 bridgehead atoms. The lowest BCUT2D eigenvalue weighted by atomic mass is 10.1. The van der Waals surface area contributed by atoms with E-state index in [2.05, 4.69) is 60.3 Å². The highest BCUT2D eigenvalue weighted by atomic mass is 16.5. The normalized spacial score (nSPS) is 11.6. The summed E-state index contributed by atoms with van der Waals surface area (Å²) >= 11 is 0. The highest BCUT2D eigenvalue weighted by molar-refractivity contribution is 5.83. The molecule has 0 atom stereocenters. The van der Waals surface area contributed by atoms with Crippen molar-refractivity contribution in [3.63, 3.8) is 0 Å². The Hall–Kier alpha value is -2.72. The molecular formula is C23H28N2O2. The average molecular weight is 364 g/mol. The standard InChI is InChI=1S/C23H28N2O2/c1-24(2)14-5-15-26-21-13-9-19-16-22(27-23(19)17-21)12-8-18-6-10-20(11-7-18)25(3)4/h6-13,16-17H,5,14-15H2,1-4H3. The van der Waals surface area contributed by atoms with E-state index in [-0.39, 0.29) is 0 Å². The molecule has 2 aromatic carbocycles. The smallest absolute Gasteiger partial charge is 0.138 e.